The molecule has 0 saturated carbocycles. The summed E-state index contributed by atoms with van der Waals surface area (Å²) in [5.74, 6) is 2.49. The molecule has 0 aliphatic carbocycles. The lowest BCUT2D eigenvalue weighted by molar-refractivity contribution is 0.00398. The van der Waals surface area contributed by atoms with Crippen LogP contribution in [0.25, 0.3) is 0 Å². The van der Waals surface area contributed by atoms with Gasteiger partial charge in [-0.25, -0.2) is 0 Å². The fourth-order valence-corrected chi connectivity index (χ4v) is 3.82. The molecule has 1 atom stereocenters. The van der Waals surface area contributed by atoms with Crippen molar-refractivity contribution >= 4 is 11.6 Å². The molecule has 1 aliphatic rings. The summed E-state index contributed by atoms with van der Waals surface area (Å²) in [6, 6.07) is 6.06. The van der Waals surface area contributed by atoms with Crippen LogP contribution in [-0.2, 0) is 4.74 Å². The number of nitrogens with two attached hydrogens (primary N) is 1. The molecule has 0 aromatic heterocycles. The van der Waals surface area contributed by atoms with Crippen molar-refractivity contribution in [2.75, 3.05) is 51.4 Å². The van der Waals surface area contributed by atoms with Crippen molar-refractivity contribution < 1.29 is 14.2 Å². The van der Waals surface area contributed by atoms with Gasteiger partial charge in [-0.15, -0.1) is 0 Å². The van der Waals surface area contributed by atoms with Crippen LogP contribution in [0.15, 0.2) is 23.2 Å². The second-order valence-electron chi connectivity index (χ2n) is 7.17. The Balaban J connectivity index is 2.12. The lowest BCUT2D eigenvalue weighted by atomic mass is 9.92. The molecular weight excluding hydrogens is 368 g/mol. The number of hydrogen-bond donors (Lipinski definition) is 2. The first-order chi connectivity index (χ1) is 14.1. The normalized spacial score (nSPS) is 16.7. The van der Waals surface area contributed by atoms with Gasteiger partial charge in [0.25, 0.3) is 0 Å². The van der Waals surface area contributed by atoms with Crippen molar-refractivity contribution in [2.45, 2.75) is 46.6 Å². The number of hydrogen-bond acceptors (Lipinski definition) is 5. The monoisotopic (exact) mass is 406 g/mol. The second-order valence-corrected chi connectivity index (χ2v) is 7.17. The average Bonchev–Trinajstić information content (AvgIpc) is 2.74. The Morgan fingerprint density at radius 3 is 2.45 bits per heavy atom. The summed E-state index contributed by atoms with van der Waals surface area (Å²) in [6.45, 7) is 13.8. The first-order valence-corrected chi connectivity index (χ1v) is 10.9. The van der Waals surface area contributed by atoms with Gasteiger partial charge in [0.1, 0.15) is 11.5 Å². The van der Waals surface area contributed by atoms with E-state index in [0.29, 0.717) is 37.7 Å². The Hall–Kier alpha value is -1.99. The minimum atomic E-state index is 0.371. The lowest BCUT2D eigenvalue weighted by Gasteiger charge is -2.38. The highest BCUT2D eigenvalue weighted by molar-refractivity contribution is 5.94. The topological polar surface area (TPSA) is 81.3 Å². The van der Waals surface area contributed by atoms with E-state index in [4.69, 9.17) is 24.9 Å². The quantitative estimate of drug-likeness (QED) is 0.433. The van der Waals surface area contributed by atoms with Gasteiger partial charge < -0.3 is 25.3 Å². The highest BCUT2D eigenvalue weighted by Crippen LogP contribution is 2.29. The third kappa shape index (κ3) is 7.08. The summed E-state index contributed by atoms with van der Waals surface area (Å²) in [4.78, 5) is 7.19. The smallest absolute Gasteiger partial charge is 0.193 e. The molecule has 0 amide bonds. The van der Waals surface area contributed by atoms with Gasteiger partial charge in [-0.1, -0.05) is 26.7 Å². The Labute approximate surface area is 175 Å². The van der Waals surface area contributed by atoms with Gasteiger partial charge in [0.2, 0.25) is 0 Å². The maximum atomic E-state index is 6.26. The number of nitrogens with zero attached hydrogens (tertiary/aromatic N) is 2. The molecule has 0 spiro atoms. The molecule has 164 valence electrons. The van der Waals surface area contributed by atoms with Crippen molar-refractivity contribution in [1.82, 2.24) is 4.90 Å². The van der Waals surface area contributed by atoms with Crippen molar-refractivity contribution in [3.8, 4) is 11.5 Å². The van der Waals surface area contributed by atoms with Crippen LogP contribution in [0.4, 0.5) is 5.69 Å². The van der Waals surface area contributed by atoms with Crippen LogP contribution in [0.3, 0.4) is 0 Å². The van der Waals surface area contributed by atoms with Crippen LogP contribution in [0, 0.1) is 5.92 Å². The van der Waals surface area contributed by atoms with Crippen molar-refractivity contribution in [1.29, 1.82) is 0 Å². The van der Waals surface area contributed by atoms with Crippen LogP contribution >= 0.6 is 0 Å². The van der Waals surface area contributed by atoms with Crippen LogP contribution < -0.4 is 20.5 Å². The Bertz CT molecular complexity index is 628. The molecule has 1 aromatic carbocycles. The van der Waals surface area contributed by atoms with Gasteiger partial charge in [-0.2, -0.15) is 0 Å². The number of guanidine groups is 1. The molecular formula is C22H38N4O3. The fraction of sp³-hybridized carbons (Fsp3) is 0.682. The van der Waals surface area contributed by atoms with E-state index in [0.717, 1.165) is 56.3 Å². The summed E-state index contributed by atoms with van der Waals surface area (Å²) in [7, 11) is 0. The first kappa shape index (κ1) is 23.3. The molecule has 1 aliphatic heterocycles. The molecule has 2 rings (SSSR count). The average molecular weight is 407 g/mol. The first-order valence-electron chi connectivity index (χ1n) is 10.9. The molecule has 0 radical (unpaired) electrons. The zero-order valence-electron chi connectivity index (χ0n) is 18.4. The van der Waals surface area contributed by atoms with Crippen molar-refractivity contribution in [3.05, 3.63) is 18.2 Å². The van der Waals surface area contributed by atoms with E-state index in [1.165, 1.54) is 0 Å². The van der Waals surface area contributed by atoms with E-state index in [-0.39, 0.29) is 0 Å². The molecule has 1 saturated heterocycles. The Kier molecular flexibility index (Phi) is 10.1. The molecule has 7 heteroatoms. The number of morpholine rings is 1. The molecule has 1 aromatic rings. The van der Waals surface area contributed by atoms with E-state index in [2.05, 4.69) is 24.1 Å². The SMILES string of the molecule is CCOc1ccc(OCC)c(NC(N)=NCC(C(CC)CC)N2CCOCC2)c1. The van der Waals surface area contributed by atoms with E-state index < -0.39 is 0 Å². The standard InChI is InChI=1S/C22H38N4O3/c1-5-17(6-2)20(26-11-13-27-14-12-26)16-24-22(23)25-19-15-18(28-7-3)9-10-21(19)29-8-4/h9-10,15,17,20H,5-8,11-14,16H2,1-4H3,(H3,23,24,25). The summed E-state index contributed by atoms with van der Waals surface area (Å²) < 4.78 is 16.8. The summed E-state index contributed by atoms with van der Waals surface area (Å²) >= 11 is 0. The molecule has 1 fully saturated rings. The van der Waals surface area contributed by atoms with Crippen LogP contribution in [-0.4, -0.2) is 63.0 Å². The Morgan fingerprint density at radius 2 is 1.83 bits per heavy atom. The predicted octanol–water partition coefficient (Wildman–Crippen LogP) is 3.35. The molecule has 29 heavy (non-hydrogen) atoms. The zero-order chi connectivity index (χ0) is 21.1. The number of anilines is 1. The van der Waals surface area contributed by atoms with Crippen LogP contribution in [0.5, 0.6) is 11.5 Å². The maximum Gasteiger partial charge on any atom is 0.193 e. The third-order valence-electron chi connectivity index (χ3n) is 5.38. The number of nitrogens with one attached hydrogen (secondary N) is 1. The Morgan fingerprint density at radius 1 is 1.14 bits per heavy atom. The number of ether oxygens (including phenoxy) is 3. The van der Waals surface area contributed by atoms with Crippen LogP contribution in [0.2, 0.25) is 0 Å². The number of rotatable bonds is 11. The van der Waals surface area contributed by atoms with E-state index >= 15 is 0 Å². The molecule has 1 heterocycles. The van der Waals surface area contributed by atoms with Gasteiger partial charge >= 0.3 is 0 Å². The number of aliphatic imine (C=N–C) groups is 1. The molecule has 0 bridgehead atoms. The van der Waals surface area contributed by atoms with Gasteiger partial charge in [-0.05, 0) is 31.9 Å². The zero-order valence-corrected chi connectivity index (χ0v) is 18.4. The molecule has 1 unspecified atom stereocenters. The van der Waals surface area contributed by atoms with E-state index in [1.54, 1.807) is 0 Å². The minimum Gasteiger partial charge on any atom is -0.494 e. The van der Waals surface area contributed by atoms with Crippen LogP contribution in [0.1, 0.15) is 40.5 Å². The van der Waals surface area contributed by atoms with Crippen molar-refractivity contribution in [2.24, 2.45) is 16.6 Å². The largest absolute Gasteiger partial charge is 0.494 e. The van der Waals surface area contributed by atoms with Gasteiger partial charge in [-0.3, -0.25) is 9.89 Å². The summed E-state index contributed by atoms with van der Waals surface area (Å²) in [5.41, 5.74) is 7.02. The van der Waals surface area contributed by atoms with Gasteiger partial charge in [0, 0.05) is 25.2 Å². The predicted molar refractivity (Wildman–Crippen MR) is 119 cm³/mol. The third-order valence-corrected chi connectivity index (χ3v) is 5.38. The number of benzene rings is 1. The van der Waals surface area contributed by atoms with E-state index in [1.807, 2.05) is 32.0 Å². The summed E-state index contributed by atoms with van der Waals surface area (Å²) in [5, 5.41) is 3.21. The second kappa shape index (κ2) is 12.5. The van der Waals surface area contributed by atoms with Crippen molar-refractivity contribution in [3.63, 3.8) is 0 Å². The highest BCUT2D eigenvalue weighted by atomic mass is 16.5. The lowest BCUT2D eigenvalue weighted by Crippen LogP contribution is -2.48. The minimum absolute atomic E-state index is 0.371. The summed E-state index contributed by atoms with van der Waals surface area (Å²) in [6.07, 6.45) is 2.26. The fourth-order valence-electron chi connectivity index (χ4n) is 3.82. The highest BCUT2D eigenvalue weighted by Gasteiger charge is 2.26. The molecule has 7 nitrogen and oxygen atoms in total. The van der Waals surface area contributed by atoms with Gasteiger partial charge in [0.15, 0.2) is 5.96 Å². The molecule has 3 N–H and O–H groups in total. The van der Waals surface area contributed by atoms with E-state index in [9.17, 15) is 0 Å². The van der Waals surface area contributed by atoms with Gasteiger partial charge in [0.05, 0.1) is 38.7 Å². The maximum absolute atomic E-state index is 6.26.